The van der Waals surface area contributed by atoms with Gasteiger partial charge in [0, 0.05) is 12.0 Å². The van der Waals surface area contributed by atoms with Crippen LogP contribution in [-0.4, -0.2) is 17.0 Å². The zero-order valence-corrected chi connectivity index (χ0v) is 19.6. The second kappa shape index (κ2) is 7.81. The summed E-state index contributed by atoms with van der Waals surface area (Å²) in [6.07, 6.45) is 12.4. The summed E-state index contributed by atoms with van der Waals surface area (Å²) in [7, 11) is 0. The van der Waals surface area contributed by atoms with Gasteiger partial charge in [0.25, 0.3) is 0 Å². The van der Waals surface area contributed by atoms with Crippen LogP contribution in [0, 0.1) is 40.4 Å². The van der Waals surface area contributed by atoms with Gasteiger partial charge in [0.2, 0.25) is 0 Å². The number of carbonyl (C=O) groups excluding carboxylic acids is 1. The summed E-state index contributed by atoms with van der Waals surface area (Å²) < 4.78 is 0. The predicted octanol–water partition coefficient (Wildman–Crippen LogP) is 6.71. The highest BCUT2D eigenvalue weighted by atomic mass is 16.3. The minimum atomic E-state index is -0.0969. The van der Waals surface area contributed by atoms with Gasteiger partial charge in [-0.3, -0.25) is 4.79 Å². The van der Waals surface area contributed by atoms with Gasteiger partial charge in [0.15, 0.2) is 5.78 Å². The predicted molar refractivity (Wildman–Crippen MR) is 120 cm³/mol. The first-order valence-electron chi connectivity index (χ1n) is 12.6. The molecule has 0 spiro atoms. The quantitative estimate of drug-likeness (QED) is 0.556. The fraction of sp³-hybridized carbons (Fsp3) is 0.889. The highest BCUT2D eigenvalue weighted by molar-refractivity contribution is 6.00. The van der Waals surface area contributed by atoms with Crippen LogP contribution in [0.25, 0.3) is 0 Å². The first kappa shape index (κ1) is 21.6. The lowest BCUT2D eigenvalue weighted by Gasteiger charge is -2.56. The van der Waals surface area contributed by atoms with Crippen LogP contribution in [0.1, 0.15) is 105 Å². The molecule has 0 amide bonds. The second-order valence-electron chi connectivity index (χ2n) is 12.1. The number of allylic oxidation sites excluding steroid dienone is 2. The molecule has 7 atom stereocenters. The van der Waals surface area contributed by atoms with Crippen molar-refractivity contribution in [1.29, 1.82) is 0 Å². The van der Waals surface area contributed by atoms with E-state index in [1.165, 1.54) is 44.1 Å². The van der Waals surface area contributed by atoms with Crippen molar-refractivity contribution in [2.24, 2.45) is 40.4 Å². The molecular weight excluding hydrogens is 356 g/mol. The van der Waals surface area contributed by atoms with Crippen LogP contribution in [0.4, 0.5) is 0 Å². The topological polar surface area (TPSA) is 37.3 Å². The maximum Gasteiger partial charge on any atom is 0.159 e. The fourth-order valence-electron chi connectivity index (χ4n) is 8.22. The maximum absolute atomic E-state index is 13.4. The lowest BCUT2D eigenvalue weighted by atomic mass is 9.48. The molecule has 0 heterocycles. The monoisotopic (exact) mass is 400 g/mol. The second-order valence-corrected chi connectivity index (χ2v) is 12.1. The molecule has 2 nitrogen and oxygen atoms in total. The van der Waals surface area contributed by atoms with Crippen molar-refractivity contribution in [1.82, 2.24) is 0 Å². The molecule has 164 valence electrons. The average Bonchev–Trinajstić information content (AvgIpc) is 2.93. The summed E-state index contributed by atoms with van der Waals surface area (Å²) >= 11 is 0. The number of carbonyl (C=O) groups is 1. The number of Topliss-reactive ketones (excluding diaryl/α,β-unsaturated/α-hetero) is 1. The SMILES string of the molecule is CC(C)CCC[C@@H](C)[C@H]1CC(=O)C2=C3CC[C@H]4C[C@@H](O)CC[C@]4(C)[C@@H]3CC[C@@]21C. The molecule has 29 heavy (non-hydrogen) atoms. The smallest absolute Gasteiger partial charge is 0.159 e. The standard InChI is InChI=1S/C27H44O2/c1-17(2)7-6-8-18(3)23-16-24(29)25-21-10-9-19-15-20(28)11-13-26(19,4)22(21)12-14-27(23,25)5/h17-20,22-23,28H,6-16H2,1-5H3/t18-,19+,20+,22-,23-,26+,27-/m1/s1. The van der Waals surface area contributed by atoms with Crippen molar-refractivity contribution in [2.75, 3.05) is 0 Å². The van der Waals surface area contributed by atoms with Crippen molar-refractivity contribution >= 4 is 5.78 Å². The Morgan fingerprint density at radius 1 is 1.07 bits per heavy atom. The number of aliphatic hydroxyl groups excluding tert-OH is 1. The molecule has 0 bridgehead atoms. The molecule has 3 fully saturated rings. The van der Waals surface area contributed by atoms with Crippen LogP contribution >= 0.6 is 0 Å². The van der Waals surface area contributed by atoms with E-state index in [4.69, 9.17) is 0 Å². The van der Waals surface area contributed by atoms with Crippen LogP contribution in [0.2, 0.25) is 0 Å². The van der Waals surface area contributed by atoms with Crippen molar-refractivity contribution in [3.05, 3.63) is 11.1 Å². The van der Waals surface area contributed by atoms with Gasteiger partial charge in [0.05, 0.1) is 6.10 Å². The van der Waals surface area contributed by atoms with Gasteiger partial charge in [-0.1, -0.05) is 59.5 Å². The third-order valence-electron chi connectivity index (χ3n) is 9.96. The lowest BCUT2D eigenvalue weighted by molar-refractivity contribution is -0.115. The molecule has 0 aliphatic heterocycles. The lowest BCUT2D eigenvalue weighted by Crippen LogP contribution is -2.48. The molecule has 4 aliphatic rings. The molecule has 0 aromatic heterocycles. The van der Waals surface area contributed by atoms with Gasteiger partial charge in [-0.25, -0.2) is 0 Å². The van der Waals surface area contributed by atoms with Crippen molar-refractivity contribution < 1.29 is 9.90 Å². The summed E-state index contributed by atoms with van der Waals surface area (Å²) in [6.45, 7) is 12.0. The van der Waals surface area contributed by atoms with Gasteiger partial charge in [-0.05, 0) is 85.4 Å². The number of fused-ring (bicyclic) bond motifs is 4. The van der Waals surface area contributed by atoms with E-state index in [0.717, 1.165) is 38.0 Å². The number of rotatable bonds is 5. The van der Waals surface area contributed by atoms with Gasteiger partial charge in [-0.2, -0.15) is 0 Å². The van der Waals surface area contributed by atoms with E-state index in [9.17, 15) is 9.90 Å². The third-order valence-corrected chi connectivity index (χ3v) is 9.96. The Balaban J connectivity index is 1.59. The van der Waals surface area contributed by atoms with E-state index in [1.807, 2.05) is 0 Å². The highest BCUT2D eigenvalue weighted by Gasteiger charge is 2.57. The summed E-state index contributed by atoms with van der Waals surface area (Å²) in [4.78, 5) is 13.4. The van der Waals surface area contributed by atoms with E-state index < -0.39 is 0 Å². The molecule has 4 rings (SSSR count). The number of aliphatic hydroxyl groups is 1. The molecule has 0 saturated heterocycles. The summed E-state index contributed by atoms with van der Waals surface area (Å²) in [5, 5.41) is 10.2. The van der Waals surface area contributed by atoms with Gasteiger partial charge in [0.1, 0.15) is 0 Å². The van der Waals surface area contributed by atoms with E-state index in [-0.39, 0.29) is 11.5 Å². The molecule has 0 radical (unpaired) electrons. The third kappa shape index (κ3) is 3.56. The molecule has 0 aromatic carbocycles. The molecule has 0 aromatic rings. The largest absolute Gasteiger partial charge is 0.393 e. The Morgan fingerprint density at radius 2 is 1.83 bits per heavy atom. The summed E-state index contributed by atoms with van der Waals surface area (Å²) in [5.74, 6) is 3.70. The van der Waals surface area contributed by atoms with Crippen LogP contribution in [0.5, 0.6) is 0 Å². The van der Waals surface area contributed by atoms with E-state index in [2.05, 4.69) is 34.6 Å². The minimum Gasteiger partial charge on any atom is -0.393 e. The molecule has 3 saturated carbocycles. The van der Waals surface area contributed by atoms with Crippen LogP contribution in [0.3, 0.4) is 0 Å². The van der Waals surface area contributed by atoms with Crippen LogP contribution in [-0.2, 0) is 4.79 Å². The molecule has 2 heteroatoms. The normalized spacial score (nSPS) is 43.2. The van der Waals surface area contributed by atoms with E-state index in [1.54, 1.807) is 5.57 Å². The first-order chi connectivity index (χ1) is 13.7. The Hall–Kier alpha value is -0.630. The highest BCUT2D eigenvalue weighted by Crippen LogP contribution is 2.65. The zero-order valence-electron chi connectivity index (χ0n) is 19.6. The zero-order chi connectivity index (χ0) is 21.0. The average molecular weight is 401 g/mol. The van der Waals surface area contributed by atoms with E-state index >= 15 is 0 Å². The maximum atomic E-state index is 13.4. The number of hydrogen-bond acceptors (Lipinski definition) is 2. The van der Waals surface area contributed by atoms with Crippen molar-refractivity contribution in [2.45, 2.75) is 111 Å². The summed E-state index contributed by atoms with van der Waals surface area (Å²) in [6, 6.07) is 0. The molecule has 0 unspecified atom stereocenters. The molecule has 1 N–H and O–H groups in total. The van der Waals surface area contributed by atoms with Gasteiger partial charge in [-0.15, -0.1) is 0 Å². The Bertz CT molecular complexity index is 676. The molecular formula is C27H44O2. The Morgan fingerprint density at radius 3 is 2.55 bits per heavy atom. The Kier molecular flexibility index (Phi) is 5.82. The van der Waals surface area contributed by atoms with Crippen LogP contribution < -0.4 is 0 Å². The van der Waals surface area contributed by atoms with Crippen molar-refractivity contribution in [3.63, 3.8) is 0 Å². The Labute approximate surface area is 178 Å². The minimum absolute atomic E-state index is 0.0969. The van der Waals surface area contributed by atoms with E-state index in [0.29, 0.717) is 34.9 Å². The summed E-state index contributed by atoms with van der Waals surface area (Å²) in [5.41, 5.74) is 3.29. The number of hydrogen-bond donors (Lipinski definition) is 1. The molecule has 4 aliphatic carbocycles. The van der Waals surface area contributed by atoms with Crippen molar-refractivity contribution in [3.8, 4) is 0 Å². The number of ketones is 1. The first-order valence-corrected chi connectivity index (χ1v) is 12.6. The van der Waals surface area contributed by atoms with Crippen LogP contribution in [0.15, 0.2) is 11.1 Å². The van der Waals surface area contributed by atoms with Gasteiger partial charge < -0.3 is 5.11 Å². The van der Waals surface area contributed by atoms with Gasteiger partial charge >= 0.3 is 0 Å². The fourth-order valence-corrected chi connectivity index (χ4v) is 8.22.